The smallest absolute Gasteiger partial charge is 0.251 e. The summed E-state index contributed by atoms with van der Waals surface area (Å²) in [5.74, 6) is 0.893. The second kappa shape index (κ2) is 11.4. The van der Waals surface area contributed by atoms with Gasteiger partial charge in [0.15, 0.2) is 0 Å². The second-order valence-corrected chi connectivity index (χ2v) is 6.90. The summed E-state index contributed by atoms with van der Waals surface area (Å²) in [5.41, 5.74) is 1.47. The molecule has 0 aliphatic heterocycles. The Morgan fingerprint density at radius 2 is 1.45 bits per heavy atom. The standard InChI is InChI=1S/C25H26N2O4/c1-30-21-12-14-22(15-13-21)31-17-16-26-25(29)23(18-19-8-4-2-5-9-19)27-24(28)20-10-6-3-7-11-20/h2-15,23H,16-18H2,1H3,(H,26,29)(H,27,28)/t23-/m0/s1. The Balaban J connectivity index is 1.56. The van der Waals surface area contributed by atoms with Crippen LogP contribution in [0.1, 0.15) is 15.9 Å². The quantitative estimate of drug-likeness (QED) is 0.496. The van der Waals surface area contributed by atoms with Crippen molar-refractivity contribution in [2.75, 3.05) is 20.3 Å². The normalized spacial score (nSPS) is 11.3. The molecule has 0 aliphatic rings. The maximum absolute atomic E-state index is 12.8. The molecule has 6 heteroatoms. The van der Waals surface area contributed by atoms with Crippen molar-refractivity contribution in [3.63, 3.8) is 0 Å². The summed E-state index contributed by atoms with van der Waals surface area (Å²) >= 11 is 0. The van der Waals surface area contributed by atoms with Crippen LogP contribution < -0.4 is 20.1 Å². The van der Waals surface area contributed by atoms with Crippen molar-refractivity contribution >= 4 is 11.8 Å². The van der Waals surface area contributed by atoms with Crippen molar-refractivity contribution in [1.29, 1.82) is 0 Å². The van der Waals surface area contributed by atoms with E-state index in [4.69, 9.17) is 9.47 Å². The SMILES string of the molecule is COc1ccc(OCCNC(=O)[C@H](Cc2ccccc2)NC(=O)c2ccccc2)cc1. The van der Waals surface area contributed by atoms with E-state index in [0.29, 0.717) is 30.9 Å². The van der Waals surface area contributed by atoms with Crippen LogP contribution in [-0.2, 0) is 11.2 Å². The third-order valence-corrected chi connectivity index (χ3v) is 4.67. The molecule has 0 spiro atoms. The first-order chi connectivity index (χ1) is 15.2. The van der Waals surface area contributed by atoms with E-state index in [2.05, 4.69) is 10.6 Å². The number of carbonyl (C=O) groups excluding carboxylic acids is 2. The molecule has 0 aromatic heterocycles. The van der Waals surface area contributed by atoms with E-state index in [0.717, 1.165) is 11.3 Å². The van der Waals surface area contributed by atoms with Crippen molar-refractivity contribution in [2.24, 2.45) is 0 Å². The Morgan fingerprint density at radius 1 is 0.839 bits per heavy atom. The second-order valence-electron chi connectivity index (χ2n) is 6.90. The van der Waals surface area contributed by atoms with Crippen LogP contribution in [0.3, 0.4) is 0 Å². The van der Waals surface area contributed by atoms with Gasteiger partial charge in [0.25, 0.3) is 5.91 Å². The van der Waals surface area contributed by atoms with Crippen molar-refractivity contribution < 1.29 is 19.1 Å². The Morgan fingerprint density at radius 3 is 2.10 bits per heavy atom. The van der Waals surface area contributed by atoms with E-state index < -0.39 is 6.04 Å². The average molecular weight is 418 g/mol. The molecule has 2 N–H and O–H groups in total. The highest BCUT2D eigenvalue weighted by Crippen LogP contribution is 2.16. The number of hydrogen-bond donors (Lipinski definition) is 2. The fourth-order valence-corrected chi connectivity index (χ4v) is 3.03. The van der Waals surface area contributed by atoms with Gasteiger partial charge in [0, 0.05) is 12.0 Å². The highest BCUT2D eigenvalue weighted by Gasteiger charge is 2.21. The molecule has 0 heterocycles. The lowest BCUT2D eigenvalue weighted by Crippen LogP contribution is -2.48. The van der Waals surface area contributed by atoms with Gasteiger partial charge in [-0.25, -0.2) is 0 Å². The molecular formula is C25H26N2O4. The maximum Gasteiger partial charge on any atom is 0.251 e. The molecule has 0 radical (unpaired) electrons. The van der Waals surface area contributed by atoms with Gasteiger partial charge >= 0.3 is 0 Å². The van der Waals surface area contributed by atoms with Gasteiger partial charge in [-0.15, -0.1) is 0 Å². The van der Waals surface area contributed by atoms with Gasteiger partial charge in [0.2, 0.25) is 5.91 Å². The third-order valence-electron chi connectivity index (χ3n) is 4.67. The number of nitrogens with one attached hydrogen (secondary N) is 2. The molecular weight excluding hydrogens is 392 g/mol. The number of ether oxygens (including phenoxy) is 2. The molecule has 0 bridgehead atoms. The number of hydrogen-bond acceptors (Lipinski definition) is 4. The maximum atomic E-state index is 12.8. The summed E-state index contributed by atoms with van der Waals surface area (Å²) < 4.78 is 10.8. The molecule has 6 nitrogen and oxygen atoms in total. The predicted molar refractivity (Wildman–Crippen MR) is 119 cm³/mol. The molecule has 1 atom stereocenters. The van der Waals surface area contributed by atoms with Crippen LogP contribution in [0.2, 0.25) is 0 Å². The molecule has 3 rings (SSSR count). The lowest BCUT2D eigenvalue weighted by atomic mass is 10.0. The average Bonchev–Trinajstić information content (AvgIpc) is 2.83. The molecule has 3 aromatic rings. The van der Waals surface area contributed by atoms with Gasteiger partial charge < -0.3 is 20.1 Å². The summed E-state index contributed by atoms with van der Waals surface area (Å²) in [7, 11) is 1.60. The van der Waals surface area contributed by atoms with E-state index in [1.54, 1.807) is 43.5 Å². The molecule has 0 unspecified atom stereocenters. The summed E-state index contributed by atoms with van der Waals surface area (Å²) in [4.78, 5) is 25.4. The van der Waals surface area contributed by atoms with Crippen LogP contribution in [0.4, 0.5) is 0 Å². The Bertz CT molecular complexity index is 960. The first kappa shape index (κ1) is 21.9. The van der Waals surface area contributed by atoms with Crippen LogP contribution in [0.25, 0.3) is 0 Å². The van der Waals surface area contributed by atoms with Gasteiger partial charge in [0.1, 0.15) is 24.1 Å². The molecule has 0 saturated carbocycles. The zero-order chi connectivity index (χ0) is 21.9. The Hall–Kier alpha value is -3.80. The van der Waals surface area contributed by atoms with Crippen molar-refractivity contribution in [1.82, 2.24) is 10.6 Å². The number of rotatable bonds is 10. The fourth-order valence-electron chi connectivity index (χ4n) is 3.03. The lowest BCUT2D eigenvalue weighted by Gasteiger charge is -2.19. The van der Waals surface area contributed by atoms with E-state index in [-0.39, 0.29) is 11.8 Å². The van der Waals surface area contributed by atoms with E-state index in [9.17, 15) is 9.59 Å². The minimum Gasteiger partial charge on any atom is -0.497 e. The fraction of sp³-hybridized carbons (Fsp3) is 0.200. The van der Waals surface area contributed by atoms with Crippen LogP contribution in [-0.4, -0.2) is 38.1 Å². The number of amides is 2. The summed E-state index contributed by atoms with van der Waals surface area (Å²) in [6, 6.07) is 25.0. The molecule has 0 saturated heterocycles. The minimum atomic E-state index is -0.698. The van der Waals surface area contributed by atoms with Crippen molar-refractivity contribution in [2.45, 2.75) is 12.5 Å². The summed E-state index contributed by atoms with van der Waals surface area (Å²) in [6.45, 7) is 0.625. The number of methoxy groups -OCH3 is 1. The minimum absolute atomic E-state index is 0.258. The first-order valence-corrected chi connectivity index (χ1v) is 10.1. The van der Waals surface area contributed by atoms with Crippen molar-refractivity contribution in [3.8, 4) is 11.5 Å². The molecule has 3 aromatic carbocycles. The van der Waals surface area contributed by atoms with Gasteiger partial charge in [-0.2, -0.15) is 0 Å². The predicted octanol–water partition coefficient (Wildman–Crippen LogP) is 3.23. The van der Waals surface area contributed by atoms with Gasteiger partial charge in [-0.3, -0.25) is 9.59 Å². The van der Waals surface area contributed by atoms with Crippen molar-refractivity contribution in [3.05, 3.63) is 96.1 Å². The summed E-state index contributed by atoms with van der Waals surface area (Å²) in [5, 5.41) is 5.70. The molecule has 31 heavy (non-hydrogen) atoms. The van der Waals surface area contributed by atoms with Crippen LogP contribution >= 0.6 is 0 Å². The van der Waals surface area contributed by atoms with Crippen LogP contribution in [0.5, 0.6) is 11.5 Å². The molecule has 2 amide bonds. The zero-order valence-corrected chi connectivity index (χ0v) is 17.4. The lowest BCUT2D eigenvalue weighted by molar-refractivity contribution is -0.123. The highest BCUT2D eigenvalue weighted by atomic mass is 16.5. The van der Waals surface area contributed by atoms with Gasteiger partial charge in [-0.1, -0.05) is 48.5 Å². The zero-order valence-electron chi connectivity index (χ0n) is 17.4. The van der Waals surface area contributed by atoms with E-state index >= 15 is 0 Å². The number of carbonyl (C=O) groups is 2. The van der Waals surface area contributed by atoms with Gasteiger partial charge in [-0.05, 0) is 42.0 Å². The van der Waals surface area contributed by atoms with E-state index in [1.807, 2.05) is 48.5 Å². The van der Waals surface area contributed by atoms with Crippen LogP contribution in [0, 0.1) is 0 Å². The third kappa shape index (κ3) is 6.89. The monoisotopic (exact) mass is 418 g/mol. The van der Waals surface area contributed by atoms with Crippen LogP contribution in [0.15, 0.2) is 84.9 Å². The molecule has 160 valence electrons. The molecule has 0 fully saturated rings. The Kier molecular flexibility index (Phi) is 8.05. The number of benzene rings is 3. The molecule has 0 aliphatic carbocycles. The van der Waals surface area contributed by atoms with E-state index in [1.165, 1.54) is 0 Å². The largest absolute Gasteiger partial charge is 0.497 e. The Labute approximate surface area is 182 Å². The van der Waals surface area contributed by atoms with Gasteiger partial charge in [0.05, 0.1) is 13.7 Å². The first-order valence-electron chi connectivity index (χ1n) is 10.1. The highest BCUT2D eigenvalue weighted by molar-refractivity contribution is 5.97. The summed E-state index contributed by atoms with van der Waals surface area (Å²) in [6.07, 6.45) is 0.393. The topological polar surface area (TPSA) is 76.7 Å².